The molecule has 1 amide bonds. The van der Waals surface area contributed by atoms with E-state index in [1.54, 1.807) is 0 Å². The van der Waals surface area contributed by atoms with Crippen LogP contribution in [0.3, 0.4) is 0 Å². The van der Waals surface area contributed by atoms with Gasteiger partial charge in [0, 0.05) is 36.8 Å². The van der Waals surface area contributed by atoms with Crippen LogP contribution in [0.15, 0.2) is 84.9 Å². The number of carbonyl (C=O) groups is 1. The van der Waals surface area contributed by atoms with Crippen LogP contribution < -0.4 is 5.32 Å². The van der Waals surface area contributed by atoms with Crippen molar-refractivity contribution in [1.82, 2.24) is 14.8 Å². The fraction of sp³-hybridized carbons (Fsp3) is 0.276. The van der Waals surface area contributed by atoms with Crippen LogP contribution in [0.4, 0.5) is 4.39 Å². The van der Waals surface area contributed by atoms with Crippen LogP contribution >= 0.6 is 0 Å². The van der Waals surface area contributed by atoms with Gasteiger partial charge in [0.25, 0.3) is 0 Å². The van der Waals surface area contributed by atoms with Gasteiger partial charge in [0.15, 0.2) is 0 Å². The Balaban J connectivity index is 1.23. The summed E-state index contributed by atoms with van der Waals surface area (Å²) in [4.78, 5) is 15.1. The third-order valence-corrected chi connectivity index (χ3v) is 6.80. The number of halogens is 1. The summed E-state index contributed by atoms with van der Waals surface area (Å²) in [6.45, 7) is 3.95. The molecule has 0 saturated carbocycles. The Morgan fingerprint density at radius 3 is 2.32 bits per heavy atom. The van der Waals surface area contributed by atoms with Gasteiger partial charge in [0.1, 0.15) is 5.82 Å². The second-order valence-corrected chi connectivity index (χ2v) is 9.16. The average molecular weight is 456 g/mol. The Hall–Kier alpha value is -3.44. The summed E-state index contributed by atoms with van der Waals surface area (Å²) in [5.41, 5.74) is 4.65. The first-order chi connectivity index (χ1) is 16.7. The van der Waals surface area contributed by atoms with Crippen molar-refractivity contribution in [2.75, 3.05) is 13.1 Å². The third-order valence-electron chi connectivity index (χ3n) is 6.80. The maximum absolute atomic E-state index is 13.4. The predicted octanol–water partition coefficient (Wildman–Crippen LogP) is 5.36. The number of aromatic nitrogens is 1. The minimum absolute atomic E-state index is 0.0741. The summed E-state index contributed by atoms with van der Waals surface area (Å²) in [5.74, 6) is 0.0241. The minimum Gasteiger partial charge on any atom is -0.352 e. The minimum atomic E-state index is -0.211. The summed E-state index contributed by atoms with van der Waals surface area (Å²) >= 11 is 0. The molecule has 4 nitrogen and oxygen atoms in total. The average Bonchev–Trinajstić information content (AvgIpc) is 3.21. The monoisotopic (exact) mass is 455 g/mol. The van der Waals surface area contributed by atoms with Crippen molar-refractivity contribution in [3.8, 4) is 0 Å². The van der Waals surface area contributed by atoms with E-state index in [0.29, 0.717) is 13.1 Å². The van der Waals surface area contributed by atoms with Crippen molar-refractivity contribution < 1.29 is 9.18 Å². The zero-order valence-corrected chi connectivity index (χ0v) is 19.3. The number of nitrogens with zero attached hydrogens (tertiary/aromatic N) is 2. The van der Waals surface area contributed by atoms with E-state index >= 15 is 0 Å². The maximum Gasteiger partial charge on any atom is 0.223 e. The van der Waals surface area contributed by atoms with Crippen molar-refractivity contribution in [3.05, 3.63) is 108 Å². The highest BCUT2D eigenvalue weighted by Crippen LogP contribution is 2.25. The van der Waals surface area contributed by atoms with E-state index in [1.165, 1.54) is 28.7 Å². The van der Waals surface area contributed by atoms with Gasteiger partial charge < -0.3 is 9.88 Å². The Kier molecular flexibility index (Phi) is 6.72. The maximum atomic E-state index is 13.4. The van der Waals surface area contributed by atoms with E-state index in [2.05, 4.69) is 45.1 Å². The molecule has 0 aliphatic carbocycles. The zero-order valence-electron chi connectivity index (χ0n) is 19.3. The molecule has 5 heteroatoms. The molecule has 174 valence electrons. The van der Waals surface area contributed by atoms with Gasteiger partial charge >= 0.3 is 0 Å². The molecule has 1 aliphatic heterocycles. The second kappa shape index (κ2) is 10.2. The number of rotatable bonds is 7. The Labute approximate surface area is 200 Å². The number of piperidine rings is 1. The number of fused-ring (bicyclic) bond motifs is 1. The number of carbonyl (C=O) groups excluding carboxylic acids is 1. The predicted molar refractivity (Wildman–Crippen MR) is 134 cm³/mol. The van der Waals surface area contributed by atoms with Crippen molar-refractivity contribution in [1.29, 1.82) is 0 Å². The largest absolute Gasteiger partial charge is 0.352 e. The number of para-hydroxylation sites is 1. The lowest BCUT2D eigenvalue weighted by molar-refractivity contribution is -0.126. The summed E-state index contributed by atoms with van der Waals surface area (Å²) in [6.07, 6.45) is 1.75. The van der Waals surface area contributed by atoms with Crippen LogP contribution in [0.2, 0.25) is 0 Å². The number of hydrogen-bond acceptors (Lipinski definition) is 2. The molecule has 1 fully saturated rings. The quantitative estimate of drug-likeness (QED) is 0.408. The molecule has 1 saturated heterocycles. The lowest BCUT2D eigenvalue weighted by Crippen LogP contribution is -2.40. The Morgan fingerprint density at radius 1 is 0.853 bits per heavy atom. The van der Waals surface area contributed by atoms with Gasteiger partial charge in [-0.1, -0.05) is 60.7 Å². The molecule has 4 aromatic rings. The highest BCUT2D eigenvalue weighted by atomic mass is 19.1. The molecule has 1 N–H and O–H groups in total. The first kappa shape index (κ1) is 22.4. The standard InChI is InChI=1S/C29H30FN3O/c30-26-12-10-23(11-13-26)20-33-27(18-25-8-4-5-9-28(25)33)21-32-16-14-24(15-17-32)29(34)31-19-22-6-2-1-3-7-22/h1-13,18,24H,14-17,19-21H2,(H,31,34). The Morgan fingerprint density at radius 2 is 1.56 bits per heavy atom. The number of hydrogen-bond donors (Lipinski definition) is 1. The molecule has 2 heterocycles. The molecule has 0 bridgehead atoms. The first-order valence-electron chi connectivity index (χ1n) is 12.0. The normalized spacial score (nSPS) is 15.0. The van der Waals surface area contributed by atoms with Crippen LogP contribution in [0, 0.1) is 11.7 Å². The van der Waals surface area contributed by atoms with Crippen molar-refractivity contribution in [2.24, 2.45) is 5.92 Å². The highest BCUT2D eigenvalue weighted by molar-refractivity contribution is 5.81. The van der Waals surface area contributed by atoms with E-state index in [9.17, 15) is 9.18 Å². The molecule has 3 aromatic carbocycles. The van der Waals surface area contributed by atoms with Crippen LogP contribution in [0.5, 0.6) is 0 Å². The summed E-state index contributed by atoms with van der Waals surface area (Å²) < 4.78 is 15.7. The smallest absolute Gasteiger partial charge is 0.223 e. The van der Waals surface area contributed by atoms with E-state index in [1.807, 2.05) is 42.5 Å². The molecule has 34 heavy (non-hydrogen) atoms. The number of likely N-dealkylation sites (tertiary alicyclic amines) is 1. The van der Waals surface area contributed by atoms with Gasteiger partial charge in [-0.3, -0.25) is 9.69 Å². The van der Waals surface area contributed by atoms with E-state index in [4.69, 9.17) is 0 Å². The van der Waals surface area contributed by atoms with Gasteiger partial charge in [-0.25, -0.2) is 4.39 Å². The molecule has 0 unspecified atom stereocenters. The van der Waals surface area contributed by atoms with Crippen LogP contribution in [0.25, 0.3) is 10.9 Å². The van der Waals surface area contributed by atoms with E-state index in [-0.39, 0.29) is 17.6 Å². The lowest BCUT2D eigenvalue weighted by Gasteiger charge is -2.31. The second-order valence-electron chi connectivity index (χ2n) is 9.16. The lowest BCUT2D eigenvalue weighted by atomic mass is 9.95. The number of amides is 1. The van der Waals surface area contributed by atoms with Crippen LogP contribution in [-0.4, -0.2) is 28.5 Å². The molecule has 0 atom stereocenters. The molecular weight excluding hydrogens is 425 g/mol. The topological polar surface area (TPSA) is 37.3 Å². The van der Waals surface area contributed by atoms with Gasteiger partial charge in [0.2, 0.25) is 5.91 Å². The molecule has 1 aliphatic rings. The van der Waals surface area contributed by atoms with Gasteiger partial charge in [0.05, 0.1) is 0 Å². The SMILES string of the molecule is O=C(NCc1ccccc1)C1CCN(Cc2cc3ccccc3n2Cc2ccc(F)cc2)CC1. The van der Waals surface area contributed by atoms with Crippen molar-refractivity contribution in [3.63, 3.8) is 0 Å². The Bertz CT molecular complexity index is 1240. The molecule has 0 spiro atoms. The van der Waals surface area contributed by atoms with Crippen molar-refractivity contribution in [2.45, 2.75) is 32.5 Å². The zero-order chi connectivity index (χ0) is 23.3. The molecular formula is C29H30FN3O. The van der Waals surface area contributed by atoms with E-state index in [0.717, 1.165) is 43.6 Å². The fourth-order valence-electron chi connectivity index (χ4n) is 4.87. The highest BCUT2D eigenvalue weighted by Gasteiger charge is 2.25. The molecule has 5 rings (SSSR count). The van der Waals surface area contributed by atoms with Gasteiger partial charge in [-0.05, 0) is 66.7 Å². The summed E-state index contributed by atoms with van der Waals surface area (Å²) in [6, 6.07) is 27.5. The fourth-order valence-corrected chi connectivity index (χ4v) is 4.87. The summed E-state index contributed by atoms with van der Waals surface area (Å²) in [5, 5.41) is 4.32. The van der Waals surface area contributed by atoms with Crippen LogP contribution in [-0.2, 0) is 24.4 Å². The first-order valence-corrected chi connectivity index (χ1v) is 12.0. The van der Waals surface area contributed by atoms with E-state index < -0.39 is 0 Å². The molecule has 0 radical (unpaired) electrons. The van der Waals surface area contributed by atoms with Crippen LogP contribution in [0.1, 0.15) is 29.7 Å². The van der Waals surface area contributed by atoms with Gasteiger partial charge in [-0.2, -0.15) is 0 Å². The number of nitrogens with one attached hydrogen (secondary N) is 1. The third kappa shape index (κ3) is 5.20. The summed E-state index contributed by atoms with van der Waals surface area (Å²) in [7, 11) is 0. The molecule has 1 aromatic heterocycles. The van der Waals surface area contributed by atoms with Gasteiger partial charge in [-0.15, -0.1) is 0 Å². The van der Waals surface area contributed by atoms with Crippen molar-refractivity contribution >= 4 is 16.8 Å². The number of benzene rings is 3.